The first-order valence-electron chi connectivity index (χ1n) is 8.06. The van der Waals surface area contributed by atoms with E-state index in [4.69, 9.17) is 10.5 Å². The zero-order valence-corrected chi connectivity index (χ0v) is 14.1. The molecule has 2 aromatic rings. The number of unbranched alkanes of at least 4 members (excludes halogenated alkanes) is 1. The number of nitrogens with two attached hydrogens (primary N) is 1. The highest BCUT2D eigenvalue weighted by molar-refractivity contribution is 5.90. The molecule has 4 N–H and O–H groups in total. The molecule has 0 radical (unpaired) electrons. The van der Waals surface area contributed by atoms with E-state index in [0.717, 1.165) is 11.3 Å². The number of carbonyl (C=O) groups is 2. The van der Waals surface area contributed by atoms with Gasteiger partial charge >= 0.3 is 6.03 Å². The second kappa shape index (κ2) is 9.27. The molecule has 0 spiro atoms. The van der Waals surface area contributed by atoms with Crippen molar-refractivity contribution in [2.45, 2.75) is 26.2 Å². The van der Waals surface area contributed by atoms with Crippen molar-refractivity contribution in [1.82, 2.24) is 10.3 Å². The van der Waals surface area contributed by atoms with E-state index in [1.54, 1.807) is 24.5 Å². The largest absolute Gasteiger partial charge is 0.455 e. The Morgan fingerprint density at radius 1 is 1.24 bits per heavy atom. The predicted molar refractivity (Wildman–Crippen MR) is 95.6 cm³/mol. The molecular weight excluding hydrogens is 320 g/mol. The number of nitrogens with zero attached hydrogens (tertiary/aromatic N) is 1. The fraction of sp³-hybridized carbons (Fsp3) is 0.278. The number of urea groups is 1. The molecule has 0 aliphatic rings. The highest BCUT2D eigenvalue weighted by Crippen LogP contribution is 2.26. The summed E-state index contributed by atoms with van der Waals surface area (Å²) in [6.45, 7) is 2.39. The van der Waals surface area contributed by atoms with E-state index in [1.807, 2.05) is 25.1 Å². The van der Waals surface area contributed by atoms with Crippen molar-refractivity contribution in [3.05, 3.63) is 48.3 Å². The van der Waals surface area contributed by atoms with Gasteiger partial charge in [0.05, 0.1) is 6.20 Å². The summed E-state index contributed by atoms with van der Waals surface area (Å²) in [5, 5.41) is 5.35. The first kappa shape index (κ1) is 18.3. The van der Waals surface area contributed by atoms with Crippen LogP contribution < -0.4 is 21.1 Å². The van der Waals surface area contributed by atoms with Gasteiger partial charge in [-0.25, -0.2) is 4.79 Å². The van der Waals surface area contributed by atoms with Crippen LogP contribution in [0.15, 0.2) is 42.7 Å². The fourth-order valence-electron chi connectivity index (χ4n) is 2.22. The molecule has 0 bridgehead atoms. The van der Waals surface area contributed by atoms with Crippen molar-refractivity contribution in [2.75, 3.05) is 11.9 Å². The van der Waals surface area contributed by atoms with Gasteiger partial charge in [-0.3, -0.25) is 9.78 Å². The highest BCUT2D eigenvalue weighted by atomic mass is 16.5. The summed E-state index contributed by atoms with van der Waals surface area (Å²) >= 11 is 0. The molecule has 3 amide bonds. The summed E-state index contributed by atoms with van der Waals surface area (Å²) in [5.74, 6) is 1.30. The maximum Gasteiger partial charge on any atom is 0.312 e. The average Bonchev–Trinajstić information content (AvgIpc) is 2.58. The smallest absolute Gasteiger partial charge is 0.312 e. The van der Waals surface area contributed by atoms with E-state index in [2.05, 4.69) is 15.6 Å². The maximum atomic E-state index is 11.9. The zero-order chi connectivity index (χ0) is 18.1. The third-order valence-electron chi connectivity index (χ3n) is 3.45. The molecule has 0 fully saturated rings. The van der Waals surface area contributed by atoms with Crippen molar-refractivity contribution in [1.29, 1.82) is 0 Å². The molecule has 1 aromatic heterocycles. The van der Waals surface area contributed by atoms with E-state index < -0.39 is 6.03 Å². The lowest BCUT2D eigenvalue weighted by Gasteiger charge is -2.11. The lowest BCUT2D eigenvalue weighted by Crippen LogP contribution is -2.30. The minimum absolute atomic E-state index is 0.0700. The highest BCUT2D eigenvalue weighted by Gasteiger charge is 2.06. The summed E-state index contributed by atoms with van der Waals surface area (Å²) in [6, 6.07) is 8.56. The Hall–Kier alpha value is -3.09. The van der Waals surface area contributed by atoms with Gasteiger partial charge in [-0.15, -0.1) is 0 Å². The summed E-state index contributed by atoms with van der Waals surface area (Å²) in [7, 11) is 0. The lowest BCUT2D eigenvalue weighted by molar-refractivity contribution is -0.116. The molecule has 7 heteroatoms. The van der Waals surface area contributed by atoms with E-state index >= 15 is 0 Å². The van der Waals surface area contributed by atoms with Crippen LogP contribution in [-0.2, 0) is 4.79 Å². The molecule has 0 unspecified atom stereocenters. The number of aryl methyl sites for hydroxylation is 1. The number of amides is 3. The fourth-order valence-corrected chi connectivity index (χ4v) is 2.22. The number of benzene rings is 1. The van der Waals surface area contributed by atoms with Gasteiger partial charge in [0.25, 0.3) is 0 Å². The number of carbonyl (C=O) groups excluding carboxylic acids is 2. The van der Waals surface area contributed by atoms with E-state index in [-0.39, 0.29) is 5.91 Å². The lowest BCUT2D eigenvalue weighted by atomic mass is 10.2. The first-order chi connectivity index (χ1) is 12.0. The summed E-state index contributed by atoms with van der Waals surface area (Å²) < 4.78 is 5.76. The first-order valence-corrected chi connectivity index (χ1v) is 8.06. The number of nitrogens with one attached hydrogen (secondary N) is 2. The van der Waals surface area contributed by atoms with Crippen molar-refractivity contribution >= 4 is 17.6 Å². The summed E-state index contributed by atoms with van der Waals surface area (Å²) in [6.07, 6.45) is 5.08. The number of hydrogen-bond acceptors (Lipinski definition) is 4. The molecule has 0 saturated heterocycles. The van der Waals surface area contributed by atoms with E-state index in [0.29, 0.717) is 37.3 Å². The number of pyridine rings is 1. The maximum absolute atomic E-state index is 11.9. The Kier molecular flexibility index (Phi) is 6.76. The molecule has 1 aromatic carbocycles. The van der Waals surface area contributed by atoms with Gasteiger partial charge in [0.2, 0.25) is 5.91 Å². The van der Waals surface area contributed by atoms with Crippen LogP contribution in [0, 0.1) is 6.92 Å². The molecule has 0 saturated carbocycles. The second-order valence-electron chi connectivity index (χ2n) is 5.57. The zero-order valence-electron chi connectivity index (χ0n) is 14.1. The van der Waals surface area contributed by atoms with Crippen molar-refractivity contribution in [2.24, 2.45) is 5.73 Å². The van der Waals surface area contributed by atoms with Crippen molar-refractivity contribution < 1.29 is 14.3 Å². The topological polar surface area (TPSA) is 106 Å². The number of rotatable bonds is 8. The number of hydrogen-bond donors (Lipinski definition) is 3. The van der Waals surface area contributed by atoms with Crippen LogP contribution >= 0.6 is 0 Å². The van der Waals surface area contributed by atoms with Crippen LogP contribution in [-0.4, -0.2) is 23.5 Å². The van der Waals surface area contributed by atoms with Gasteiger partial charge in [-0.05, 0) is 55.7 Å². The van der Waals surface area contributed by atoms with Crippen LogP contribution in [0.2, 0.25) is 0 Å². The Balaban J connectivity index is 1.81. The molecular formula is C18H22N4O3. The van der Waals surface area contributed by atoms with Gasteiger partial charge in [0.15, 0.2) is 0 Å². The van der Waals surface area contributed by atoms with E-state index in [9.17, 15) is 9.59 Å². The molecule has 0 aliphatic heterocycles. The van der Waals surface area contributed by atoms with Crippen molar-refractivity contribution in [3.8, 4) is 11.5 Å². The van der Waals surface area contributed by atoms with Gasteiger partial charge in [-0.1, -0.05) is 0 Å². The Labute approximate surface area is 146 Å². The Morgan fingerprint density at radius 2 is 2.08 bits per heavy atom. The van der Waals surface area contributed by atoms with Crippen LogP contribution in [0.25, 0.3) is 0 Å². The van der Waals surface area contributed by atoms with Gasteiger partial charge in [-0.2, -0.15) is 0 Å². The minimum Gasteiger partial charge on any atom is -0.455 e. The number of anilines is 1. The summed E-state index contributed by atoms with van der Waals surface area (Å²) in [5.41, 5.74) is 6.60. The van der Waals surface area contributed by atoms with Gasteiger partial charge < -0.3 is 21.1 Å². The van der Waals surface area contributed by atoms with Gasteiger partial charge in [0, 0.05) is 24.8 Å². The molecule has 0 atom stereocenters. The van der Waals surface area contributed by atoms with E-state index in [1.165, 1.54) is 0 Å². The molecule has 132 valence electrons. The third kappa shape index (κ3) is 6.50. The van der Waals surface area contributed by atoms with Crippen LogP contribution in [0.3, 0.4) is 0 Å². The number of aromatic nitrogens is 1. The number of ether oxygens (including phenoxy) is 1. The molecule has 25 heavy (non-hydrogen) atoms. The SMILES string of the molecule is Cc1cc(NC(=O)CCCCNC(N)=O)ccc1Oc1cccnc1. The predicted octanol–water partition coefficient (Wildman–Crippen LogP) is 2.96. The molecule has 1 heterocycles. The molecule has 0 aliphatic carbocycles. The normalized spacial score (nSPS) is 10.1. The Bertz CT molecular complexity index is 720. The minimum atomic E-state index is -0.548. The molecule has 2 rings (SSSR count). The Morgan fingerprint density at radius 3 is 2.76 bits per heavy atom. The third-order valence-corrected chi connectivity index (χ3v) is 3.45. The van der Waals surface area contributed by atoms with Crippen LogP contribution in [0.5, 0.6) is 11.5 Å². The van der Waals surface area contributed by atoms with Crippen LogP contribution in [0.4, 0.5) is 10.5 Å². The monoisotopic (exact) mass is 342 g/mol. The quantitative estimate of drug-likeness (QED) is 0.641. The standard InChI is InChI=1S/C18H22N4O3/c1-13-11-14(22-17(23)6-2-3-10-21-18(19)24)7-8-16(13)25-15-5-4-9-20-12-15/h4-5,7-9,11-12H,2-3,6,10H2,1H3,(H,22,23)(H3,19,21,24). The average molecular weight is 342 g/mol. The van der Waals surface area contributed by atoms with Crippen LogP contribution in [0.1, 0.15) is 24.8 Å². The molecule has 7 nitrogen and oxygen atoms in total. The van der Waals surface area contributed by atoms with Crippen molar-refractivity contribution in [3.63, 3.8) is 0 Å². The number of primary amides is 1. The summed E-state index contributed by atoms with van der Waals surface area (Å²) in [4.78, 5) is 26.5. The van der Waals surface area contributed by atoms with Gasteiger partial charge in [0.1, 0.15) is 11.5 Å². The second-order valence-corrected chi connectivity index (χ2v) is 5.57.